The highest BCUT2D eigenvalue weighted by Crippen LogP contribution is 2.18. The molecule has 0 aromatic carbocycles. The van der Waals surface area contributed by atoms with E-state index < -0.39 is 12.1 Å². The van der Waals surface area contributed by atoms with Gasteiger partial charge >= 0.3 is 5.97 Å². The Morgan fingerprint density at radius 1 is 0.370 bits per heavy atom. The van der Waals surface area contributed by atoms with Crippen LogP contribution in [0.5, 0.6) is 0 Å². The average Bonchev–Trinajstić information content (AvgIpc) is 3.39. The third-order valence-electron chi connectivity index (χ3n) is 15.5. The lowest BCUT2D eigenvalue weighted by molar-refractivity contribution is -0.143. The molecule has 0 rings (SSSR count). The van der Waals surface area contributed by atoms with Crippen LogP contribution in [0.25, 0.3) is 0 Å². The van der Waals surface area contributed by atoms with Crippen molar-refractivity contribution in [2.75, 3.05) is 13.2 Å². The summed E-state index contributed by atoms with van der Waals surface area (Å²) in [6.07, 6.45) is 77.9. The Labute approximate surface area is 456 Å². The van der Waals surface area contributed by atoms with Gasteiger partial charge in [-0.15, -0.1) is 0 Å². The third kappa shape index (κ3) is 59.4. The van der Waals surface area contributed by atoms with E-state index in [9.17, 15) is 19.8 Å². The van der Waals surface area contributed by atoms with Crippen LogP contribution >= 0.6 is 0 Å². The number of rotatable bonds is 62. The van der Waals surface area contributed by atoms with E-state index in [0.717, 1.165) is 44.9 Å². The molecule has 0 saturated heterocycles. The quantitative estimate of drug-likeness (QED) is 0.0320. The summed E-state index contributed by atoms with van der Waals surface area (Å²) >= 11 is 0. The van der Waals surface area contributed by atoms with Gasteiger partial charge in [0.2, 0.25) is 5.91 Å². The van der Waals surface area contributed by atoms with Crippen LogP contribution in [-0.2, 0) is 14.3 Å². The maximum absolute atomic E-state index is 12.5. The summed E-state index contributed by atoms with van der Waals surface area (Å²) in [5.74, 6) is -0.0227. The number of aliphatic hydroxyl groups excluding tert-OH is 2. The number of hydrogen-bond donors (Lipinski definition) is 3. The van der Waals surface area contributed by atoms with Crippen molar-refractivity contribution in [3.8, 4) is 0 Å². The molecule has 0 heterocycles. The van der Waals surface area contributed by atoms with Crippen molar-refractivity contribution in [2.24, 2.45) is 0 Å². The molecule has 6 nitrogen and oxygen atoms in total. The molecule has 0 bridgehead atoms. The molecule has 0 radical (unpaired) electrons. The lowest BCUT2D eigenvalue weighted by Crippen LogP contribution is -2.45. The molecule has 0 aliphatic rings. The number of allylic oxidation sites excluding steroid dienone is 4. The van der Waals surface area contributed by atoms with E-state index in [4.69, 9.17) is 4.74 Å². The summed E-state index contributed by atoms with van der Waals surface area (Å²) in [6.45, 7) is 4.95. The van der Waals surface area contributed by atoms with E-state index in [0.29, 0.717) is 25.9 Å². The van der Waals surface area contributed by atoms with Crippen molar-refractivity contribution < 1.29 is 24.5 Å². The molecular weight excluding hydrogens is 899 g/mol. The van der Waals surface area contributed by atoms with E-state index in [1.165, 1.54) is 289 Å². The molecule has 0 fully saturated rings. The van der Waals surface area contributed by atoms with Crippen molar-refractivity contribution in [2.45, 2.75) is 379 Å². The van der Waals surface area contributed by atoms with Gasteiger partial charge in [-0.1, -0.05) is 301 Å². The van der Waals surface area contributed by atoms with Gasteiger partial charge in [0.15, 0.2) is 0 Å². The van der Waals surface area contributed by atoms with E-state index in [1.54, 1.807) is 0 Å². The average molecular weight is 1030 g/mol. The maximum atomic E-state index is 12.5. The van der Waals surface area contributed by atoms with Gasteiger partial charge in [0, 0.05) is 12.8 Å². The van der Waals surface area contributed by atoms with Gasteiger partial charge in [0.1, 0.15) is 0 Å². The summed E-state index contributed by atoms with van der Waals surface area (Å²) < 4.78 is 5.48. The Kier molecular flexibility index (Phi) is 61.4. The first-order valence-corrected chi connectivity index (χ1v) is 33.1. The van der Waals surface area contributed by atoms with Crippen molar-refractivity contribution in [3.63, 3.8) is 0 Å². The monoisotopic (exact) mass is 1030 g/mol. The Morgan fingerprint density at radius 3 is 0.986 bits per heavy atom. The van der Waals surface area contributed by atoms with Gasteiger partial charge in [-0.3, -0.25) is 9.59 Å². The van der Waals surface area contributed by atoms with Crippen LogP contribution < -0.4 is 5.32 Å². The normalized spacial score (nSPS) is 12.7. The third-order valence-corrected chi connectivity index (χ3v) is 15.5. The molecule has 0 aromatic heterocycles. The SMILES string of the molecule is CCCCCC/C=C\CCCCCCCC(=O)OCCCCCCCCCCCCCC/C=C\CCCCCCCCCCCCCCCCCCC(=O)NC(CO)C(O)CCCCCCCCCCCCC. The fourth-order valence-corrected chi connectivity index (χ4v) is 10.4. The second-order valence-corrected chi connectivity index (χ2v) is 22.8. The Bertz CT molecular complexity index is 1140. The molecule has 2 unspecified atom stereocenters. The molecule has 6 heteroatoms. The second-order valence-electron chi connectivity index (χ2n) is 22.8. The summed E-state index contributed by atoms with van der Waals surface area (Å²) in [6, 6.07) is -0.537. The minimum absolute atomic E-state index is 0.00918. The van der Waals surface area contributed by atoms with Crippen molar-refractivity contribution >= 4 is 11.9 Å². The van der Waals surface area contributed by atoms with Gasteiger partial charge < -0.3 is 20.3 Å². The molecular formula is C67H129NO5. The maximum Gasteiger partial charge on any atom is 0.305 e. The number of unbranched alkanes of at least 4 members (excludes halogenated alkanes) is 47. The molecule has 2 atom stereocenters. The van der Waals surface area contributed by atoms with E-state index >= 15 is 0 Å². The minimum atomic E-state index is -0.660. The highest BCUT2D eigenvalue weighted by atomic mass is 16.5. The lowest BCUT2D eigenvalue weighted by Gasteiger charge is -2.22. The van der Waals surface area contributed by atoms with E-state index in [1.807, 2.05) is 0 Å². The fourth-order valence-electron chi connectivity index (χ4n) is 10.4. The molecule has 73 heavy (non-hydrogen) atoms. The number of amides is 1. The summed E-state index contributed by atoms with van der Waals surface area (Å²) in [5.41, 5.74) is 0. The largest absolute Gasteiger partial charge is 0.466 e. The van der Waals surface area contributed by atoms with Crippen molar-refractivity contribution in [1.29, 1.82) is 0 Å². The highest BCUT2D eigenvalue weighted by Gasteiger charge is 2.20. The van der Waals surface area contributed by atoms with Crippen LogP contribution in [0, 0.1) is 0 Å². The number of hydrogen-bond acceptors (Lipinski definition) is 5. The van der Waals surface area contributed by atoms with Crippen LogP contribution in [0.3, 0.4) is 0 Å². The van der Waals surface area contributed by atoms with Crippen molar-refractivity contribution in [1.82, 2.24) is 5.32 Å². The molecule has 1 amide bonds. The van der Waals surface area contributed by atoms with Crippen LogP contribution in [0.4, 0.5) is 0 Å². The molecule has 3 N–H and O–H groups in total. The number of carbonyl (C=O) groups excluding carboxylic acids is 2. The number of esters is 1. The summed E-state index contributed by atoms with van der Waals surface area (Å²) in [5, 5.41) is 23.2. The number of aliphatic hydroxyl groups is 2. The van der Waals surface area contributed by atoms with Crippen LogP contribution in [0.15, 0.2) is 24.3 Å². The van der Waals surface area contributed by atoms with E-state index in [-0.39, 0.29) is 18.5 Å². The van der Waals surface area contributed by atoms with Gasteiger partial charge in [-0.05, 0) is 77.0 Å². The molecule has 0 aliphatic heterocycles. The van der Waals surface area contributed by atoms with Gasteiger partial charge in [0.25, 0.3) is 0 Å². The van der Waals surface area contributed by atoms with E-state index in [2.05, 4.69) is 43.5 Å². The summed E-state index contributed by atoms with van der Waals surface area (Å²) in [7, 11) is 0. The van der Waals surface area contributed by atoms with Crippen LogP contribution in [0.2, 0.25) is 0 Å². The predicted octanol–water partition coefficient (Wildman–Crippen LogP) is 21.0. The summed E-state index contributed by atoms with van der Waals surface area (Å²) in [4.78, 5) is 24.5. The van der Waals surface area contributed by atoms with Gasteiger partial charge in [0.05, 0.1) is 25.4 Å². The Morgan fingerprint density at radius 2 is 0.644 bits per heavy atom. The predicted molar refractivity (Wildman–Crippen MR) is 320 cm³/mol. The standard InChI is InChI=1S/C67H129NO5/c1-3-5-7-9-11-13-15-36-41-45-49-53-57-61-67(72)73-62-58-54-50-46-42-38-35-33-31-29-27-25-23-21-19-17-16-18-20-22-24-26-28-30-32-34-37-40-44-48-52-56-60-66(71)68-64(63-69)65(70)59-55-51-47-43-39-14-12-10-8-6-4-2/h13,15,19,21,64-65,69-70H,3-12,14,16-18,20,22-63H2,1-2H3,(H,68,71)/b15-13-,21-19-. The zero-order chi connectivity index (χ0) is 52.9. The molecule has 0 aliphatic carbocycles. The zero-order valence-electron chi connectivity index (χ0n) is 49.4. The first-order valence-electron chi connectivity index (χ1n) is 33.1. The van der Waals surface area contributed by atoms with Gasteiger partial charge in [-0.2, -0.15) is 0 Å². The minimum Gasteiger partial charge on any atom is -0.466 e. The number of ether oxygens (including phenoxy) is 1. The topological polar surface area (TPSA) is 95.9 Å². The van der Waals surface area contributed by atoms with Crippen LogP contribution in [-0.4, -0.2) is 47.4 Å². The molecule has 0 spiro atoms. The molecule has 0 aromatic rings. The zero-order valence-corrected chi connectivity index (χ0v) is 49.4. The Balaban J connectivity index is 3.33. The molecule has 0 saturated carbocycles. The number of carbonyl (C=O) groups is 2. The second kappa shape index (κ2) is 62.9. The molecule has 432 valence electrons. The number of nitrogens with one attached hydrogen (secondary N) is 1. The lowest BCUT2D eigenvalue weighted by atomic mass is 10.0. The highest BCUT2D eigenvalue weighted by molar-refractivity contribution is 5.76. The Hall–Kier alpha value is -1.66. The van der Waals surface area contributed by atoms with Crippen LogP contribution in [0.1, 0.15) is 367 Å². The fraction of sp³-hybridized carbons (Fsp3) is 0.910. The smallest absolute Gasteiger partial charge is 0.305 e. The first kappa shape index (κ1) is 71.3. The first-order chi connectivity index (χ1) is 36.0. The van der Waals surface area contributed by atoms with Gasteiger partial charge in [-0.25, -0.2) is 0 Å². The van der Waals surface area contributed by atoms with Crippen molar-refractivity contribution in [3.05, 3.63) is 24.3 Å².